The second-order valence-corrected chi connectivity index (χ2v) is 6.47. The van der Waals surface area contributed by atoms with Gasteiger partial charge in [-0.25, -0.2) is 10.2 Å². The molecule has 0 bridgehead atoms. The molecular weight excluding hydrogens is 390 g/mol. The van der Waals surface area contributed by atoms with E-state index in [-0.39, 0.29) is 18.9 Å². The molecule has 0 unspecified atom stereocenters. The average molecular weight is 413 g/mol. The number of rotatable bonds is 7. The van der Waals surface area contributed by atoms with Crippen LogP contribution in [0.15, 0.2) is 47.6 Å². The number of nitrogens with one attached hydrogen (secondary N) is 2. The van der Waals surface area contributed by atoms with Crippen LogP contribution in [-0.2, 0) is 16.1 Å². The van der Waals surface area contributed by atoms with Gasteiger partial charge in [0.1, 0.15) is 25.6 Å². The lowest BCUT2D eigenvalue weighted by molar-refractivity contribution is -0.115. The molecule has 2 N–H and O–H groups in total. The minimum absolute atomic E-state index is 0.00714. The first-order valence-corrected chi connectivity index (χ1v) is 9.32. The Morgan fingerprint density at radius 3 is 2.53 bits per heavy atom. The van der Waals surface area contributed by atoms with Crippen LogP contribution in [0.3, 0.4) is 0 Å². The summed E-state index contributed by atoms with van der Waals surface area (Å²) in [6, 6.07) is 12.3. The van der Waals surface area contributed by atoms with Gasteiger partial charge in [0.2, 0.25) is 5.91 Å². The monoisotopic (exact) mass is 413 g/mol. The summed E-state index contributed by atoms with van der Waals surface area (Å²) in [6.07, 6.45) is -0.704. The molecule has 0 saturated heterocycles. The zero-order chi connectivity index (χ0) is 21.3. The average Bonchev–Trinajstić information content (AvgIpc) is 2.76. The van der Waals surface area contributed by atoms with Crippen molar-refractivity contribution in [3.8, 4) is 17.2 Å². The van der Waals surface area contributed by atoms with Crippen molar-refractivity contribution in [2.24, 2.45) is 5.10 Å². The molecule has 30 heavy (non-hydrogen) atoms. The molecule has 9 heteroatoms. The van der Waals surface area contributed by atoms with Gasteiger partial charge in [0, 0.05) is 17.5 Å². The number of hydrazone groups is 1. The highest BCUT2D eigenvalue weighted by atomic mass is 16.6. The van der Waals surface area contributed by atoms with Gasteiger partial charge in [-0.2, -0.15) is 5.10 Å². The molecule has 1 aliphatic heterocycles. The predicted octanol–water partition coefficient (Wildman–Crippen LogP) is 3.10. The molecule has 0 radical (unpaired) electrons. The van der Waals surface area contributed by atoms with Crippen molar-refractivity contribution < 1.29 is 28.5 Å². The van der Waals surface area contributed by atoms with Crippen LogP contribution in [-0.4, -0.2) is 38.0 Å². The van der Waals surface area contributed by atoms with E-state index in [1.165, 1.54) is 0 Å². The van der Waals surface area contributed by atoms with Crippen molar-refractivity contribution >= 4 is 23.4 Å². The minimum atomic E-state index is -0.711. The van der Waals surface area contributed by atoms with Gasteiger partial charge in [0.25, 0.3) is 0 Å². The van der Waals surface area contributed by atoms with Gasteiger partial charge in [-0.1, -0.05) is 12.1 Å². The molecule has 0 atom stereocenters. The van der Waals surface area contributed by atoms with Gasteiger partial charge in [0.05, 0.1) is 13.5 Å². The molecule has 2 aromatic carbocycles. The number of anilines is 1. The third-order valence-electron chi connectivity index (χ3n) is 4.11. The number of ether oxygens (including phenoxy) is 4. The predicted molar refractivity (Wildman–Crippen MR) is 110 cm³/mol. The maximum Gasteiger partial charge on any atom is 0.428 e. The topological polar surface area (TPSA) is 107 Å². The van der Waals surface area contributed by atoms with Gasteiger partial charge >= 0.3 is 6.09 Å². The van der Waals surface area contributed by atoms with Crippen molar-refractivity contribution in [2.45, 2.75) is 20.0 Å². The summed E-state index contributed by atoms with van der Waals surface area (Å²) in [5.74, 6) is 1.68. The lowest BCUT2D eigenvalue weighted by atomic mass is 10.2. The Labute approximate surface area is 174 Å². The van der Waals surface area contributed by atoms with Crippen LogP contribution in [0.2, 0.25) is 0 Å². The fourth-order valence-electron chi connectivity index (χ4n) is 2.64. The molecule has 1 aliphatic rings. The van der Waals surface area contributed by atoms with Gasteiger partial charge < -0.3 is 24.3 Å². The Kier molecular flexibility index (Phi) is 7.09. The Hall–Kier alpha value is -3.75. The van der Waals surface area contributed by atoms with Crippen molar-refractivity contribution in [1.29, 1.82) is 0 Å². The summed E-state index contributed by atoms with van der Waals surface area (Å²) in [5, 5.41) is 6.64. The lowest BCUT2D eigenvalue weighted by Crippen LogP contribution is -2.22. The molecular formula is C21H23N3O6. The Morgan fingerprint density at radius 2 is 1.80 bits per heavy atom. The molecule has 9 nitrogen and oxygen atoms in total. The quantitative estimate of drug-likeness (QED) is 0.534. The van der Waals surface area contributed by atoms with Gasteiger partial charge in [0.15, 0.2) is 11.5 Å². The number of carbonyl (C=O) groups excluding carboxylic acids is 2. The molecule has 2 amide bonds. The van der Waals surface area contributed by atoms with Crippen molar-refractivity contribution in [2.75, 3.05) is 25.6 Å². The van der Waals surface area contributed by atoms with Crippen LogP contribution in [0.25, 0.3) is 0 Å². The highest BCUT2D eigenvalue weighted by molar-refractivity contribution is 6.05. The molecule has 2 aromatic rings. The fourth-order valence-corrected chi connectivity index (χ4v) is 2.64. The molecule has 0 fully saturated rings. The summed E-state index contributed by atoms with van der Waals surface area (Å²) in [5.41, 5.74) is 4.09. The first-order valence-electron chi connectivity index (χ1n) is 9.32. The number of hydrogen-bond acceptors (Lipinski definition) is 7. The Morgan fingerprint density at radius 1 is 1.07 bits per heavy atom. The minimum Gasteiger partial charge on any atom is -0.497 e. The summed E-state index contributed by atoms with van der Waals surface area (Å²) in [7, 11) is 1.58. The first-order chi connectivity index (χ1) is 14.5. The second-order valence-electron chi connectivity index (χ2n) is 6.47. The van der Waals surface area contributed by atoms with E-state index >= 15 is 0 Å². The number of carbonyl (C=O) groups is 2. The molecule has 0 spiro atoms. The molecule has 3 rings (SSSR count). The second kappa shape index (κ2) is 10.1. The van der Waals surface area contributed by atoms with Crippen LogP contribution in [0.5, 0.6) is 17.2 Å². The third-order valence-corrected chi connectivity index (χ3v) is 4.11. The van der Waals surface area contributed by atoms with E-state index in [2.05, 4.69) is 15.8 Å². The zero-order valence-corrected chi connectivity index (χ0v) is 16.8. The van der Waals surface area contributed by atoms with E-state index < -0.39 is 6.09 Å². The Balaban J connectivity index is 1.42. The largest absolute Gasteiger partial charge is 0.497 e. The van der Waals surface area contributed by atoms with E-state index in [0.717, 1.165) is 11.3 Å². The van der Waals surface area contributed by atoms with E-state index in [1.807, 2.05) is 0 Å². The number of amides is 2. The number of hydrogen-bond donors (Lipinski definition) is 2. The zero-order valence-electron chi connectivity index (χ0n) is 16.8. The number of fused-ring (bicyclic) bond motifs is 1. The van der Waals surface area contributed by atoms with Crippen molar-refractivity contribution in [3.05, 3.63) is 48.0 Å². The number of nitrogens with zero attached hydrogens (tertiary/aromatic N) is 1. The van der Waals surface area contributed by atoms with Crippen molar-refractivity contribution in [3.63, 3.8) is 0 Å². The summed E-state index contributed by atoms with van der Waals surface area (Å²) < 4.78 is 21.1. The highest BCUT2D eigenvalue weighted by Crippen LogP contribution is 2.32. The third kappa shape index (κ3) is 6.13. The van der Waals surface area contributed by atoms with E-state index in [0.29, 0.717) is 36.1 Å². The smallest absolute Gasteiger partial charge is 0.428 e. The lowest BCUT2D eigenvalue weighted by Gasteiger charge is -2.19. The van der Waals surface area contributed by atoms with E-state index in [4.69, 9.17) is 18.9 Å². The van der Waals surface area contributed by atoms with Gasteiger partial charge in [-0.3, -0.25) is 4.79 Å². The maximum absolute atomic E-state index is 12.2. The van der Waals surface area contributed by atoms with E-state index in [9.17, 15) is 9.59 Å². The first kappa shape index (κ1) is 21.0. The van der Waals surface area contributed by atoms with Gasteiger partial charge in [-0.05, 0) is 36.8 Å². The van der Waals surface area contributed by atoms with Crippen molar-refractivity contribution in [1.82, 2.24) is 5.43 Å². The van der Waals surface area contributed by atoms with Crippen LogP contribution < -0.4 is 25.0 Å². The molecule has 0 saturated carbocycles. The SMILES string of the molecule is COc1ccc(COC(=O)N/N=C(\C)CC(=O)Nc2ccc3c(c2)OCCO3)cc1. The highest BCUT2D eigenvalue weighted by Gasteiger charge is 2.13. The maximum atomic E-state index is 12.2. The molecule has 0 aromatic heterocycles. The number of methoxy groups -OCH3 is 1. The van der Waals surface area contributed by atoms with Crippen LogP contribution in [0.4, 0.5) is 10.5 Å². The van der Waals surface area contributed by atoms with Gasteiger partial charge in [-0.15, -0.1) is 0 Å². The van der Waals surface area contributed by atoms with Crippen LogP contribution in [0, 0.1) is 0 Å². The fraction of sp³-hybridized carbons (Fsp3) is 0.286. The molecule has 0 aliphatic carbocycles. The van der Waals surface area contributed by atoms with Crippen LogP contribution in [0.1, 0.15) is 18.9 Å². The summed E-state index contributed by atoms with van der Waals surface area (Å²) >= 11 is 0. The standard InChI is InChI=1S/C21H23N3O6/c1-14(23-24-21(26)30-13-15-3-6-17(27-2)7-4-15)11-20(25)22-16-5-8-18-19(12-16)29-10-9-28-18/h3-8,12H,9-11,13H2,1-2H3,(H,22,25)(H,24,26)/b23-14+. The summed E-state index contributed by atoms with van der Waals surface area (Å²) in [6.45, 7) is 2.70. The summed E-state index contributed by atoms with van der Waals surface area (Å²) in [4.78, 5) is 23.9. The Bertz CT molecular complexity index is 927. The van der Waals surface area contributed by atoms with Crippen LogP contribution >= 0.6 is 0 Å². The molecule has 1 heterocycles. The number of benzene rings is 2. The van der Waals surface area contributed by atoms with E-state index in [1.54, 1.807) is 56.5 Å². The molecule has 158 valence electrons. The normalized spacial score (nSPS) is 12.7.